The molecule has 0 N–H and O–H groups in total. The van der Waals surface area contributed by atoms with Gasteiger partial charge in [0.1, 0.15) is 0 Å². The number of rotatable bonds is 8. The molecule has 4 heteroatoms. The summed E-state index contributed by atoms with van der Waals surface area (Å²) in [6, 6.07) is 33.5. The molecule has 0 fully saturated rings. The summed E-state index contributed by atoms with van der Waals surface area (Å²) in [6.07, 6.45) is 0. The molecular weight excluding hydrogens is 522 g/mol. The molecule has 3 aromatic carbocycles. The van der Waals surface area contributed by atoms with Crippen LogP contribution in [0.5, 0.6) is 0 Å². The molecule has 3 rings (SSSR count). The maximum atomic E-state index is 2.87. The van der Waals surface area contributed by atoms with Crippen LogP contribution in [0.15, 0.2) is 101 Å². The van der Waals surface area contributed by atoms with E-state index in [1.54, 1.807) is 0 Å². The number of hydrogen-bond donors (Lipinski definition) is 0. The van der Waals surface area contributed by atoms with Gasteiger partial charge in [0.15, 0.2) is 0 Å². The molecule has 0 amide bonds. The minimum atomic E-state index is -2.88. The van der Waals surface area contributed by atoms with E-state index in [2.05, 4.69) is 134 Å². The number of hydrogen-bond acceptors (Lipinski definition) is 2. The molecule has 3 aromatic rings. The zero-order chi connectivity index (χ0) is 20.8. The van der Waals surface area contributed by atoms with Crippen LogP contribution in [0, 0.1) is 0 Å². The Hall–Kier alpha value is -0.740. The van der Waals surface area contributed by atoms with Gasteiger partial charge in [0.05, 0.1) is 0 Å². The van der Waals surface area contributed by atoms with E-state index < -0.39 is 4.25 Å². The van der Waals surface area contributed by atoms with Crippen LogP contribution in [0.25, 0.3) is 0 Å². The number of thioether (sulfide) groups is 2. The molecule has 0 nitrogen and oxygen atoms in total. The van der Waals surface area contributed by atoms with Gasteiger partial charge >= 0.3 is 199 Å². The van der Waals surface area contributed by atoms with Crippen molar-refractivity contribution in [2.45, 2.75) is 20.8 Å². The van der Waals surface area contributed by atoms with Crippen LogP contribution >= 0.6 is 49.8 Å². The molecule has 0 unspecified atom stereocenters. The van der Waals surface area contributed by atoms with E-state index in [1.807, 2.05) is 23.5 Å². The third-order valence-corrected chi connectivity index (χ3v) is 20.4. The van der Waals surface area contributed by atoms with Crippen LogP contribution in [0.4, 0.5) is 0 Å². The van der Waals surface area contributed by atoms with E-state index in [0.717, 1.165) is 11.5 Å². The third-order valence-electron chi connectivity index (χ3n) is 5.20. The zero-order valence-electron chi connectivity index (χ0n) is 17.2. The van der Waals surface area contributed by atoms with Gasteiger partial charge in [0, 0.05) is 0 Å². The van der Waals surface area contributed by atoms with Crippen LogP contribution in [0.1, 0.15) is 20.8 Å². The molecule has 0 aliphatic carbocycles. The van der Waals surface area contributed by atoms with Gasteiger partial charge in [-0.15, -0.1) is 0 Å². The first kappa shape index (κ1) is 22.9. The Labute approximate surface area is 197 Å². The second-order valence-electron chi connectivity index (χ2n) is 6.75. The van der Waals surface area contributed by atoms with Crippen molar-refractivity contribution in [1.29, 1.82) is 0 Å². The second kappa shape index (κ2) is 10.0. The summed E-state index contributed by atoms with van der Waals surface area (Å²) in [6.45, 7) is 6.89. The molecule has 0 aromatic heterocycles. The van der Waals surface area contributed by atoms with Crippen LogP contribution < -0.4 is 15.9 Å². The van der Waals surface area contributed by atoms with E-state index in [0.29, 0.717) is 0 Å². The summed E-state index contributed by atoms with van der Waals surface area (Å²) >= 11 is 6.85. The maximum absolute atomic E-state index is 2.88. The molecule has 0 spiro atoms. The molecule has 0 bridgehead atoms. The molecular formula is C25H28IPS2. The fraction of sp³-hybridized carbons (Fsp3) is 0.200. The molecule has 152 valence electrons. The minimum absolute atomic E-state index is 1.08. The van der Waals surface area contributed by atoms with E-state index in [4.69, 9.17) is 0 Å². The molecule has 29 heavy (non-hydrogen) atoms. The monoisotopic (exact) mass is 550 g/mol. The fourth-order valence-electron chi connectivity index (χ4n) is 3.84. The van der Waals surface area contributed by atoms with Crippen molar-refractivity contribution >= 4 is 65.7 Å². The molecule has 0 radical (unpaired) electrons. The van der Waals surface area contributed by atoms with Crippen molar-refractivity contribution in [1.82, 2.24) is 0 Å². The second-order valence-corrected chi connectivity index (χ2v) is 19.6. The third kappa shape index (κ3) is 4.08. The molecule has 0 aliphatic rings. The summed E-state index contributed by atoms with van der Waals surface area (Å²) in [5.74, 6) is 2.17. The number of halogens is 1. The predicted molar refractivity (Wildman–Crippen MR) is 148 cm³/mol. The van der Waals surface area contributed by atoms with E-state index in [1.165, 1.54) is 25.5 Å². The summed E-state index contributed by atoms with van der Waals surface area (Å²) < 4.78 is -1.41. The Bertz CT molecular complexity index is 848. The predicted octanol–water partition coefficient (Wildman–Crippen LogP) is 7.56. The normalized spacial score (nSPS) is 12.8. The molecule has 0 atom stereocenters. The first-order valence-electron chi connectivity index (χ1n) is 9.95. The summed E-state index contributed by atoms with van der Waals surface area (Å²) in [7, 11) is 0. The molecule has 0 heterocycles. The van der Waals surface area contributed by atoms with Gasteiger partial charge in [-0.1, -0.05) is 0 Å². The number of benzene rings is 3. The van der Waals surface area contributed by atoms with Gasteiger partial charge in [0.25, 0.3) is 0 Å². The SMILES string of the molecule is CCSC(SCC)=C(C)P(I)(c1ccccc1)(c1ccccc1)c1ccccc1. The van der Waals surface area contributed by atoms with Crippen LogP contribution in [0.2, 0.25) is 0 Å². The zero-order valence-corrected chi connectivity index (χ0v) is 21.9. The van der Waals surface area contributed by atoms with Crippen molar-refractivity contribution in [3.05, 3.63) is 101 Å². The van der Waals surface area contributed by atoms with E-state index >= 15 is 0 Å². The fourth-order valence-corrected chi connectivity index (χ4v) is 16.5. The Morgan fingerprint density at radius 1 is 0.655 bits per heavy atom. The molecule has 0 saturated heterocycles. The van der Waals surface area contributed by atoms with E-state index in [9.17, 15) is 0 Å². The van der Waals surface area contributed by atoms with E-state index in [-0.39, 0.29) is 0 Å². The van der Waals surface area contributed by atoms with Gasteiger partial charge in [-0.2, -0.15) is 0 Å². The Balaban J connectivity index is 2.54. The van der Waals surface area contributed by atoms with Crippen molar-refractivity contribution in [2.24, 2.45) is 0 Å². The average Bonchev–Trinajstić information content (AvgIpc) is 2.80. The number of allylic oxidation sites excluding steroid dienone is 1. The van der Waals surface area contributed by atoms with Gasteiger partial charge in [-0.25, -0.2) is 0 Å². The summed E-state index contributed by atoms with van der Waals surface area (Å²) in [5.41, 5.74) is 0. The Kier molecular flexibility index (Phi) is 7.94. The van der Waals surface area contributed by atoms with Crippen molar-refractivity contribution in [3.63, 3.8) is 0 Å². The van der Waals surface area contributed by atoms with Crippen LogP contribution in [-0.2, 0) is 0 Å². The summed E-state index contributed by atoms with van der Waals surface area (Å²) in [5, 5.41) is 5.76. The van der Waals surface area contributed by atoms with Crippen LogP contribution in [0.3, 0.4) is 0 Å². The van der Waals surface area contributed by atoms with Gasteiger partial charge in [-0.05, 0) is 0 Å². The standard InChI is InChI=1S/C25H28IPS2/c1-4-28-25(29-5-2)21(3)27(26,22-15-9-6-10-16-22,23-17-11-7-12-18-23)24-19-13-8-14-20-24/h6-20H,4-5H2,1-3H3. The molecule has 0 aliphatic heterocycles. The van der Waals surface area contributed by atoms with Crippen LogP contribution in [-0.4, -0.2) is 11.5 Å². The first-order chi connectivity index (χ1) is 14.1. The van der Waals surface area contributed by atoms with Crippen molar-refractivity contribution in [3.8, 4) is 0 Å². The Morgan fingerprint density at radius 2 is 0.966 bits per heavy atom. The molecule has 0 saturated carbocycles. The van der Waals surface area contributed by atoms with Crippen molar-refractivity contribution < 1.29 is 0 Å². The Morgan fingerprint density at radius 3 is 1.24 bits per heavy atom. The topological polar surface area (TPSA) is 0 Å². The average molecular weight is 551 g/mol. The van der Waals surface area contributed by atoms with Crippen molar-refractivity contribution in [2.75, 3.05) is 11.5 Å². The quantitative estimate of drug-likeness (QED) is 0.210. The van der Waals surface area contributed by atoms with Gasteiger partial charge < -0.3 is 0 Å². The van der Waals surface area contributed by atoms with Gasteiger partial charge in [0.2, 0.25) is 0 Å². The van der Waals surface area contributed by atoms with Gasteiger partial charge in [-0.3, -0.25) is 0 Å². The first-order valence-corrected chi connectivity index (χ1v) is 16.9. The summed E-state index contributed by atoms with van der Waals surface area (Å²) in [4.78, 5) is 0.